The van der Waals surface area contributed by atoms with Crippen LogP contribution in [0.5, 0.6) is 0 Å². The summed E-state index contributed by atoms with van der Waals surface area (Å²) in [6, 6.07) is 10.9. The first-order valence-corrected chi connectivity index (χ1v) is 5.97. The number of benzene rings is 1. The van der Waals surface area contributed by atoms with Crippen molar-refractivity contribution in [1.29, 1.82) is 0 Å². The van der Waals surface area contributed by atoms with Crippen LogP contribution in [-0.4, -0.2) is 32.3 Å². The van der Waals surface area contributed by atoms with Gasteiger partial charge in [-0.15, -0.1) is 0 Å². The molecule has 1 saturated heterocycles. The molecule has 1 fully saturated rings. The predicted molar refractivity (Wildman–Crippen MR) is 65.5 cm³/mol. The second kappa shape index (κ2) is 5.99. The molecule has 0 aromatic heterocycles. The Morgan fingerprint density at radius 1 is 1.44 bits per heavy atom. The Hall–Kier alpha value is -0.900. The monoisotopic (exact) mass is 220 g/mol. The summed E-state index contributed by atoms with van der Waals surface area (Å²) in [7, 11) is 0. The molecule has 2 rings (SSSR count). The fraction of sp³-hybridized carbons (Fsp3) is 0.538. The fourth-order valence-electron chi connectivity index (χ4n) is 1.92. The molecule has 16 heavy (non-hydrogen) atoms. The topological polar surface area (TPSA) is 33.3 Å². The minimum absolute atomic E-state index is 0.305. The molecule has 1 aliphatic heterocycles. The molecule has 2 unspecified atom stereocenters. The van der Waals surface area contributed by atoms with Crippen LogP contribution in [0, 0.1) is 0 Å². The standard InChI is InChI=1S/C13H20N2O/c1-11(12-5-3-2-4-6-12)15-10-13-9-14-7-8-16-13/h2-6,11,13-15H,7-10H2,1H3. The van der Waals surface area contributed by atoms with Crippen molar-refractivity contribution in [3.05, 3.63) is 35.9 Å². The highest BCUT2D eigenvalue weighted by Gasteiger charge is 2.14. The van der Waals surface area contributed by atoms with E-state index in [1.54, 1.807) is 0 Å². The van der Waals surface area contributed by atoms with Crippen LogP contribution in [0.2, 0.25) is 0 Å². The molecular formula is C13H20N2O. The second-order valence-electron chi connectivity index (χ2n) is 4.24. The van der Waals surface area contributed by atoms with E-state index in [9.17, 15) is 0 Å². The first-order valence-electron chi connectivity index (χ1n) is 5.97. The van der Waals surface area contributed by atoms with Crippen molar-refractivity contribution in [2.45, 2.75) is 19.1 Å². The van der Waals surface area contributed by atoms with Gasteiger partial charge in [0.25, 0.3) is 0 Å². The van der Waals surface area contributed by atoms with E-state index in [2.05, 4.69) is 41.8 Å². The highest BCUT2D eigenvalue weighted by molar-refractivity contribution is 5.17. The van der Waals surface area contributed by atoms with Crippen molar-refractivity contribution in [3.63, 3.8) is 0 Å². The van der Waals surface area contributed by atoms with Crippen LogP contribution in [0.1, 0.15) is 18.5 Å². The number of rotatable bonds is 4. The van der Waals surface area contributed by atoms with Crippen molar-refractivity contribution in [2.75, 3.05) is 26.2 Å². The highest BCUT2D eigenvalue weighted by atomic mass is 16.5. The van der Waals surface area contributed by atoms with Gasteiger partial charge in [0.2, 0.25) is 0 Å². The van der Waals surface area contributed by atoms with Crippen molar-refractivity contribution in [2.24, 2.45) is 0 Å². The SMILES string of the molecule is CC(NCC1CNCCO1)c1ccccc1. The average Bonchev–Trinajstić information content (AvgIpc) is 2.38. The third-order valence-corrected chi connectivity index (χ3v) is 2.96. The van der Waals surface area contributed by atoms with Crippen molar-refractivity contribution in [3.8, 4) is 0 Å². The molecule has 3 nitrogen and oxygen atoms in total. The smallest absolute Gasteiger partial charge is 0.0824 e. The van der Waals surface area contributed by atoms with Gasteiger partial charge in [-0.3, -0.25) is 0 Å². The van der Waals surface area contributed by atoms with Crippen LogP contribution in [0.3, 0.4) is 0 Å². The van der Waals surface area contributed by atoms with Crippen LogP contribution in [0.25, 0.3) is 0 Å². The van der Waals surface area contributed by atoms with Gasteiger partial charge in [0.1, 0.15) is 0 Å². The van der Waals surface area contributed by atoms with Crippen LogP contribution in [0.15, 0.2) is 30.3 Å². The largest absolute Gasteiger partial charge is 0.374 e. The van der Waals surface area contributed by atoms with Crippen LogP contribution in [-0.2, 0) is 4.74 Å². The van der Waals surface area contributed by atoms with E-state index in [-0.39, 0.29) is 0 Å². The Morgan fingerprint density at radius 3 is 2.94 bits per heavy atom. The van der Waals surface area contributed by atoms with E-state index >= 15 is 0 Å². The molecule has 0 amide bonds. The second-order valence-corrected chi connectivity index (χ2v) is 4.24. The Bertz CT molecular complexity index is 296. The zero-order valence-corrected chi connectivity index (χ0v) is 9.78. The molecule has 88 valence electrons. The van der Waals surface area contributed by atoms with Crippen molar-refractivity contribution in [1.82, 2.24) is 10.6 Å². The normalized spacial score (nSPS) is 22.9. The molecule has 0 spiro atoms. The molecule has 2 atom stereocenters. The maximum atomic E-state index is 5.64. The van der Waals surface area contributed by atoms with E-state index < -0.39 is 0 Å². The highest BCUT2D eigenvalue weighted by Crippen LogP contribution is 2.11. The zero-order chi connectivity index (χ0) is 11.2. The molecule has 0 saturated carbocycles. The van der Waals surface area contributed by atoms with Crippen molar-refractivity contribution >= 4 is 0 Å². The summed E-state index contributed by atoms with van der Waals surface area (Å²) in [4.78, 5) is 0. The Balaban J connectivity index is 1.77. The van der Waals surface area contributed by atoms with E-state index in [0.29, 0.717) is 12.1 Å². The third-order valence-electron chi connectivity index (χ3n) is 2.96. The van der Waals surface area contributed by atoms with Crippen molar-refractivity contribution < 1.29 is 4.74 Å². The Labute approximate surface area is 97.2 Å². The van der Waals surface area contributed by atoms with E-state index in [0.717, 1.165) is 26.2 Å². The quantitative estimate of drug-likeness (QED) is 0.803. The summed E-state index contributed by atoms with van der Waals surface area (Å²) in [5, 5.41) is 6.84. The maximum Gasteiger partial charge on any atom is 0.0824 e. The minimum Gasteiger partial charge on any atom is -0.374 e. The van der Waals surface area contributed by atoms with Gasteiger partial charge in [-0.2, -0.15) is 0 Å². The summed E-state index contributed by atoms with van der Waals surface area (Å²) in [5.41, 5.74) is 1.33. The van der Waals surface area contributed by atoms with Crippen LogP contribution < -0.4 is 10.6 Å². The number of nitrogens with one attached hydrogen (secondary N) is 2. The molecule has 1 aromatic rings. The first-order chi connectivity index (χ1) is 7.86. The molecule has 1 aliphatic rings. The number of hydrogen-bond donors (Lipinski definition) is 2. The van der Waals surface area contributed by atoms with Gasteiger partial charge in [0.05, 0.1) is 12.7 Å². The molecule has 3 heteroatoms. The molecule has 2 N–H and O–H groups in total. The Kier molecular flexibility index (Phi) is 4.34. The van der Waals surface area contributed by atoms with Gasteiger partial charge < -0.3 is 15.4 Å². The first kappa shape index (κ1) is 11.6. The zero-order valence-electron chi connectivity index (χ0n) is 9.78. The molecule has 1 aromatic carbocycles. The van der Waals surface area contributed by atoms with E-state index in [1.165, 1.54) is 5.56 Å². The molecule has 1 heterocycles. The number of morpholine rings is 1. The summed E-state index contributed by atoms with van der Waals surface area (Å²) in [6.07, 6.45) is 0.305. The van der Waals surface area contributed by atoms with E-state index in [4.69, 9.17) is 4.74 Å². The van der Waals surface area contributed by atoms with Gasteiger partial charge in [0, 0.05) is 25.7 Å². The molecule has 0 bridgehead atoms. The maximum absolute atomic E-state index is 5.64. The van der Waals surface area contributed by atoms with Gasteiger partial charge >= 0.3 is 0 Å². The predicted octanol–water partition coefficient (Wildman–Crippen LogP) is 1.33. The van der Waals surface area contributed by atoms with Gasteiger partial charge in [0.15, 0.2) is 0 Å². The minimum atomic E-state index is 0.305. The molecule has 0 radical (unpaired) electrons. The third kappa shape index (κ3) is 3.30. The summed E-state index contributed by atoms with van der Waals surface area (Å²) in [5.74, 6) is 0. The lowest BCUT2D eigenvalue weighted by Gasteiger charge is -2.25. The van der Waals surface area contributed by atoms with Crippen LogP contribution in [0.4, 0.5) is 0 Å². The number of hydrogen-bond acceptors (Lipinski definition) is 3. The van der Waals surface area contributed by atoms with E-state index in [1.807, 2.05) is 6.07 Å². The average molecular weight is 220 g/mol. The fourth-order valence-corrected chi connectivity index (χ4v) is 1.92. The Morgan fingerprint density at radius 2 is 2.25 bits per heavy atom. The number of ether oxygens (including phenoxy) is 1. The van der Waals surface area contributed by atoms with Crippen LogP contribution >= 0.6 is 0 Å². The molecule has 0 aliphatic carbocycles. The summed E-state index contributed by atoms with van der Waals surface area (Å²) >= 11 is 0. The lowest BCUT2D eigenvalue weighted by atomic mass is 10.1. The summed E-state index contributed by atoms with van der Waals surface area (Å²) in [6.45, 7) is 5.85. The van der Waals surface area contributed by atoms with Gasteiger partial charge in [-0.25, -0.2) is 0 Å². The summed E-state index contributed by atoms with van der Waals surface area (Å²) < 4.78 is 5.64. The van der Waals surface area contributed by atoms with Gasteiger partial charge in [-0.05, 0) is 12.5 Å². The lowest BCUT2D eigenvalue weighted by molar-refractivity contribution is 0.0278. The van der Waals surface area contributed by atoms with Gasteiger partial charge in [-0.1, -0.05) is 30.3 Å². The molecular weight excluding hydrogens is 200 g/mol. The lowest BCUT2D eigenvalue weighted by Crippen LogP contribution is -2.44.